The molecule has 0 unspecified atom stereocenters. The molecule has 1 N–H and O–H groups in total. The predicted octanol–water partition coefficient (Wildman–Crippen LogP) is 5.97. The minimum atomic E-state index is -0.571. The van der Waals surface area contributed by atoms with E-state index < -0.39 is 11.5 Å². The van der Waals surface area contributed by atoms with E-state index in [-0.39, 0.29) is 34.6 Å². The molecule has 3 heterocycles. The standard InChI is InChI=1S/C32H42N6O6S/c1-19-16-20-10-11-32(5,6)21(20)17-23(19)43-29-33-22(18-45-29)25(39)34-24-26(41-7)35-28(36-27(24)42-8)37-12-9-13-38(15-14-37)30(40)44-31(2,3)4/h16-18H,9-15H2,1-8H3,(H,34,39). The number of ether oxygens (including phenoxy) is 4. The van der Waals surface area contributed by atoms with Gasteiger partial charge in [-0.15, -0.1) is 0 Å². The Balaban J connectivity index is 1.29. The number of carbonyl (C=O) groups excluding carboxylic acids is 2. The van der Waals surface area contributed by atoms with Gasteiger partial charge in [-0.3, -0.25) is 4.79 Å². The van der Waals surface area contributed by atoms with Crippen LogP contribution in [0.5, 0.6) is 22.7 Å². The number of aromatic nitrogens is 3. The molecule has 1 saturated heterocycles. The Kier molecular flexibility index (Phi) is 9.11. The summed E-state index contributed by atoms with van der Waals surface area (Å²) in [4.78, 5) is 43.1. The average Bonchev–Trinajstić information content (AvgIpc) is 3.46. The first-order chi connectivity index (χ1) is 21.3. The van der Waals surface area contributed by atoms with Crippen LogP contribution < -0.4 is 24.4 Å². The predicted molar refractivity (Wildman–Crippen MR) is 172 cm³/mol. The summed E-state index contributed by atoms with van der Waals surface area (Å²) in [6.45, 7) is 14.1. The molecule has 45 heavy (non-hydrogen) atoms. The number of carbonyl (C=O) groups is 2. The summed E-state index contributed by atoms with van der Waals surface area (Å²) in [6, 6.07) is 4.29. The lowest BCUT2D eigenvalue weighted by molar-refractivity contribution is 0.0263. The van der Waals surface area contributed by atoms with Crippen molar-refractivity contribution >= 4 is 35.0 Å². The van der Waals surface area contributed by atoms with Gasteiger partial charge in [-0.25, -0.2) is 4.79 Å². The van der Waals surface area contributed by atoms with Crippen LogP contribution in [-0.4, -0.2) is 77.9 Å². The van der Waals surface area contributed by atoms with Crippen molar-refractivity contribution in [1.82, 2.24) is 19.9 Å². The zero-order valence-corrected chi connectivity index (χ0v) is 28.1. The summed E-state index contributed by atoms with van der Waals surface area (Å²) < 4.78 is 22.8. The summed E-state index contributed by atoms with van der Waals surface area (Å²) in [5.74, 6) is 0.900. The number of amides is 2. The molecular formula is C32H42N6O6S. The molecule has 0 bridgehead atoms. The van der Waals surface area contributed by atoms with Crippen LogP contribution in [0, 0.1) is 6.92 Å². The first-order valence-electron chi connectivity index (χ1n) is 15.1. The molecular weight excluding hydrogens is 596 g/mol. The van der Waals surface area contributed by atoms with E-state index in [9.17, 15) is 9.59 Å². The fraction of sp³-hybridized carbons (Fsp3) is 0.531. The van der Waals surface area contributed by atoms with Crippen molar-refractivity contribution in [2.45, 2.75) is 71.8 Å². The van der Waals surface area contributed by atoms with Crippen LogP contribution in [0.25, 0.3) is 0 Å². The van der Waals surface area contributed by atoms with Gasteiger partial charge < -0.3 is 34.1 Å². The summed E-state index contributed by atoms with van der Waals surface area (Å²) in [5.41, 5.74) is 3.57. The lowest BCUT2D eigenvalue weighted by Gasteiger charge is -2.26. The quantitative estimate of drug-likeness (QED) is 0.330. The number of hydrogen-bond donors (Lipinski definition) is 1. The van der Waals surface area contributed by atoms with Gasteiger partial charge in [0.25, 0.3) is 11.1 Å². The number of nitrogens with zero attached hydrogens (tertiary/aromatic N) is 5. The van der Waals surface area contributed by atoms with Gasteiger partial charge in [0.2, 0.25) is 17.7 Å². The van der Waals surface area contributed by atoms with Crippen molar-refractivity contribution in [1.29, 1.82) is 0 Å². The number of nitrogens with one attached hydrogen (secondary N) is 1. The second-order valence-corrected chi connectivity index (χ2v) is 13.8. The molecule has 2 amide bonds. The van der Waals surface area contributed by atoms with E-state index in [4.69, 9.17) is 18.9 Å². The highest BCUT2D eigenvalue weighted by Crippen LogP contribution is 2.42. The first-order valence-corrected chi connectivity index (χ1v) is 16.0. The fourth-order valence-electron chi connectivity index (χ4n) is 5.54. The van der Waals surface area contributed by atoms with Crippen molar-refractivity contribution < 1.29 is 28.5 Å². The van der Waals surface area contributed by atoms with E-state index in [1.807, 2.05) is 32.6 Å². The molecule has 13 heteroatoms. The largest absolute Gasteiger partial charge is 0.479 e. The number of aryl methyl sites for hydroxylation is 2. The molecule has 0 radical (unpaired) electrons. The summed E-state index contributed by atoms with van der Waals surface area (Å²) in [6.07, 6.45) is 2.52. The van der Waals surface area contributed by atoms with Crippen molar-refractivity contribution in [3.63, 3.8) is 0 Å². The number of thiazole rings is 1. The molecule has 1 aliphatic carbocycles. The molecule has 2 aliphatic rings. The molecule has 0 saturated carbocycles. The van der Waals surface area contributed by atoms with Crippen molar-refractivity contribution in [2.75, 3.05) is 50.6 Å². The Morgan fingerprint density at radius 2 is 1.71 bits per heavy atom. The summed E-state index contributed by atoms with van der Waals surface area (Å²) >= 11 is 1.24. The number of methoxy groups -OCH3 is 2. The maximum atomic E-state index is 13.3. The fourth-order valence-corrected chi connectivity index (χ4v) is 6.20. The van der Waals surface area contributed by atoms with Crippen molar-refractivity contribution in [3.8, 4) is 22.7 Å². The maximum absolute atomic E-state index is 13.3. The minimum Gasteiger partial charge on any atom is -0.479 e. The minimum absolute atomic E-state index is 0.0957. The highest BCUT2D eigenvalue weighted by Gasteiger charge is 2.31. The molecule has 1 aromatic carbocycles. The van der Waals surface area contributed by atoms with Crippen LogP contribution >= 0.6 is 11.3 Å². The van der Waals surface area contributed by atoms with Crippen LogP contribution in [0.2, 0.25) is 0 Å². The van der Waals surface area contributed by atoms with Crippen LogP contribution in [0.15, 0.2) is 17.5 Å². The van der Waals surface area contributed by atoms with E-state index in [1.54, 1.807) is 10.3 Å². The third kappa shape index (κ3) is 7.24. The molecule has 1 fully saturated rings. The first kappa shape index (κ1) is 32.3. The third-order valence-corrected chi connectivity index (χ3v) is 8.67. The monoisotopic (exact) mass is 638 g/mol. The van der Waals surface area contributed by atoms with E-state index >= 15 is 0 Å². The lowest BCUT2D eigenvalue weighted by atomic mass is 9.86. The van der Waals surface area contributed by atoms with Gasteiger partial charge in [-0.1, -0.05) is 31.3 Å². The van der Waals surface area contributed by atoms with Gasteiger partial charge in [0, 0.05) is 31.6 Å². The molecule has 1 aliphatic heterocycles. The van der Waals surface area contributed by atoms with Crippen LogP contribution in [0.1, 0.15) is 74.6 Å². The number of benzene rings is 1. The molecule has 5 rings (SSSR count). The van der Waals surface area contributed by atoms with Gasteiger partial charge in [0.15, 0.2) is 5.69 Å². The zero-order valence-electron chi connectivity index (χ0n) is 27.3. The van der Waals surface area contributed by atoms with Gasteiger partial charge in [0.05, 0.1) is 14.2 Å². The third-order valence-electron chi connectivity index (χ3n) is 7.95. The van der Waals surface area contributed by atoms with Gasteiger partial charge in [0.1, 0.15) is 17.0 Å². The average molecular weight is 639 g/mol. The number of hydrogen-bond acceptors (Lipinski definition) is 11. The Labute approximate surface area is 268 Å². The Hall–Kier alpha value is -4.13. The molecule has 0 spiro atoms. The van der Waals surface area contributed by atoms with Crippen molar-refractivity contribution in [2.24, 2.45) is 0 Å². The molecule has 2 aromatic heterocycles. The van der Waals surface area contributed by atoms with E-state index in [2.05, 4.69) is 46.2 Å². The molecule has 0 atom stereocenters. The van der Waals surface area contributed by atoms with Crippen LogP contribution in [-0.2, 0) is 16.6 Å². The molecule has 12 nitrogen and oxygen atoms in total. The molecule has 3 aromatic rings. The summed E-state index contributed by atoms with van der Waals surface area (Å²) in [5, 5.41) is 4.81. The smallest absolute Gasteiger partial charge is 0.410 e. The van der Waals surface area contributed by atoms with E-state index in [0.29, 0.717) is 43.7 Å². The Morgan fingerprint density at radius 3 is 2.38 bits per heavy atom. The van der Waals surface area contributed by atoms with Crippen LogP contribution in [0.4, 0.5) is 16.4 Å². The number of rotatable bonds is 7. The lowest BCUT2D eigenvalue weighted by Crippen LogP contribution is -2.39. The number of anilines is 2. The SMILES string of the molecule is COc1nc(N2CCCN(C(=O)OC(C)(C)C)CC2)nc(OC)c1NC(=O)c1csc(Oc2cc3c(cc2C)CCC3(C)C)n1. The summed E-state index contributed by atoms with van der Waals surface area (Å²) in [7, 11) is 2.92. The topological polar surface area (TPSA) is 128 Å². The Morgan fingerprint density at radius 1 is 1.00 bits per heavy atom. The normalized spacial score (nSPS) is 16.1. The Bertz CT molecular complexity index is 1560. The van der Waals surface area contributed by atoms with E-state index in [1.165, 1.54) is 36.7 Å². The maximum Gasteiger partial charge on any atom is 0.410 e. The molecule has 242 valence electrons. The highest BCUT2D eigenvalue weighted by molar-refractivity contribution is 7.11. The van der Waals surface area contributed by atoms with Gasteiger partial charge in [-0.2, -0.15) is 15.0 Å². The zero-order chi connectivity index (χ0) is 32.5. The van der Waals surface area contributed by atoms with Crippen LogP contribution in [0.3, 0.4) is 0 Å². The van der Waals surface area contributed by atoms with Gasteiger partial charge >= 0.3 is 6.09 Å². The second-order valence-electron chi connectivity index (χ2n) is 12.9. The highest BCUT2D eigenvalue weighted by atomic mass is 32.1. The van der Waals surface area contributed by atoms with Gasteiger partial charge in [-0.05, 0) is 75.1 Å². The van der Waals surface area contributed by atoms with Crippen molar-refractivity contribution in [3.05, 3.63) is 39.9 Å². The number of fused-ring (bicyclic) bond motifs is 1. The second kappa shape index (κ2) is 12.7. The van der Waals surface area contributed by atoms with E-state index in [0.717, 1.165) is 24.2 Å².